The van der Waals surface area contributed by atoms with Gasteiger partial charge in [0.05, 0.1) is 12.3 Å². The average Bonchev–Trinajstić information content (AvgIpc) is 3.02. The summed E-state index contributed by atoms with van der Waals surface area (Å²) in [7, 11) is 1.86. The van der Waals surface area contributed by atoms with Crippen LogP contribution in [-0.4, -0.2) is 25.3 Å². The van der Waals surface area contributed by atoms with Gasteiger partial charge in [-0.1, -0.05) is 15.9 Å². The third kappa shape index (κ3) is 2.38. The number of benzene rings is 1. The highest BCUT2D eigenvalue weighted by atomic mass is 79.9. The van der Waals surface area contributed by atoms with Crippen molar-refractivity contribution < 1.29 is 9.50 Å². The maximum absolute atomic E-state index is 13.6. The van der Waals surface area contributed by atoms with Gasteiger partial charge in [0.2, 0.25) is 0 Å². The lowest BCUT2D eigenvalue weighted by Crippen LogP contribution is -2.29. The molecule has 0 atom stereocenters. The first-order valence-corrected chi connectivity index (χ1v) is 6.13. The lowest BCUT2D eigenvalue weighted by molar-refractivity contribution is 0.215. The lowest BCUT2D eigenvalue weighted by atomic mass is 10.1. The fourth-order valence-corrected chi connectivity index (χ4v) is 2.26. The Morgan fingerprint density at radius 1 is 1.50 bits per heavy atom. The SMILES string of the molecule is CN(CC1(CO)CC1)c1cc(Br)ccc1F. The number of aliphatic hydroxyl groups is 1. The Hall–Kier alpha value is -0.610. The summed E-state index contributed by atoms with van der Waals surface area (Å²) in [5.41, 5.74) is 0.581. The zero-order chi connectivity index (χ0) is 11.8. The largest absolute Gasteiger partial charge is 0.396 e. The quantitative estimate of drug-likeness (QED) is 0.921. The molecule has 0 amide bonds. The highest BCUT2D eigenvalue weighted by Gasteiger charge is 2.43. The predicted octanol–water partition coefficient (Wildman–Crippen LogP) is 2.80. The monoisotopic (exact) mass is 287 g/mol. The molecule has 2 rings (SSSR count). The van der Waals surface area contributed by atoms with Crippen molar-refractivity contribution in [2.45, 2.75) is 12.8 Å². The van der Waals surface area contributed by atoms with Gasteiger partial charge in [-0.05, 0) is 31.0 Å². The van der Waals surface area contributed by atoms with Gasteiger partial charge in [-0.3, -0.25) is 0 Å². The van der Waals surface area contributed by atoms with Crippen LogP contribution in [0.1, 0.15) is 12.8 Å². The predicted molar refractivity (Wildman–Crippen MR) is 66.1 cm³/mol. The molecule has 1 aliphatic rings. The van der Waals surface area contributed by atoms with Crippen LogP contribution in [0.15, 0.2) is 22.7 Å². The smallest absolute Gasteiger partial charge is 0.146 e. The van der Waals surface area contributed by atoms with Crippen molar-refractivity contribution in [1.29, 1.82) is 0 Å². The Balaban J connectivity index is 2.14. The topological polar surface area (TPSA) is 23.5 Å². The van der Waals surface area contributed by atoms with Crippen molar-refractivity contribution in [3.63, 3.8) is 0 Å². The van der Waals surface area contributed by atoms with Crippen LogP contribution in [0.25, 0.3) is 0 Å². The summed E-state index contributed by atoms with van der Waals surface area (Å²) in [6.07, 6.45) is 2.06. The summed E-state index contributed by atoms with van der Waals surface area (Å²) in [4.78, 5) is 1.88. The van der Waals surface area contributed by atoms with E-state index in [1.807, 2.05) is 11.9 Å². The van der Waals surface area contributed by atoms with Gasteiger partial charge in [0.25, 0.3) is 0 Å². The van der Waals surface area contributed by atoms with Crippen molar-refractivity contribution >= 4 is 21.6 Å². The van der Waals surface area contributed by atoms with E-state index in [1.165, 1.54) is 6.07 Å². The van der Waals surface area contributed by atoms with Crippen LogP contribution < -0.4 is 4.90 Å². The number of rotatable bonds is 4. The number of hydrogen-bond acceptors (Lipinski definition) is 2. The van der Waals surface area contributed by atoms with Crippen LogP contribution in [0.4, 0.5) is 10.1 Å². The van der Waals surface area contributed by atoms with Crippen LogP contribution in [-0.2, 0) is 0 Å². The summed E-state index contributed by atoms with van der Waals surface area (Å²) in [6, 6.07) is 4.91. The Morgan fingerprint density at radius 2 is 2.19 bits per heavy atom. The Bertz CT molecular complexity index is 393. The molecule has 16 heavy (non-hydrogen) atoms. The third-order valence-electron chi connectivity index (χ3n) is 3.18. The van der Waals surface area contributed by atoms with E-state index in [0.29, 0.717) is 12.2 Å². The van der Waals surface area contributed by atoms with E-state index in [-0.39, 0.29) is 17.8 Å². The molecule has 88 valence electrons. The molecular weight excluding hydrogens is 273 g/mol. The molecule has 0 heterocycles. The minimum atomic E-state index is -0.223. The van der Waals surface area contributed by atoms with Gasteiger partial charge < -0.3 is 10.0 Å². The summed E-state index contributed by atoms with van der Waals surface area (Å²) in [6.45, 7) is 0.893. The van der Waals surface area contributed by atoms with E-state index in [9.17, 15) is 9.50 Å². The molecule has 0 saturated heterocycles. The zero-order valence-corrected chi connectivity index (χ0v) is 10.8. The van der Waals surface area contributed by atoms with Gasteiger partial charge in [-0.15, -0.1) is 0 Å². The Kier molecular flexibility index (Phi) is 3.22. The van der Waals surface area contributed by atoms with E-state index >= 15 is 0 Å². The molecule has 1 fully saturated rings. The second-order valence-corrected chi connectivity index (χ2v) is 5.53. The summed E-state index contributed by atoms with van der Waals surface area (Å²) < 4.78 is 14.5. The van der Waals surface area contributed by atoms with E-state index in [4.69, 9.17) is 0 Å². The van der Waals surface area contributed by atoms with Crippen molar-refractivity contribution in [2.75, 3.05) is 25.1 Å². The number of halogens is 2. The van der Waals surface area contributed by atoms with Gasteiger partial charge >= 0.3 is 0 Å². The van der Waals surface area contributed by atoms with Crippen molar-refractivity contribution in [2.24, 2.45) is 5.41 Å². The number of anilines is 1. The molecule has 1 N–H and O–H groups in total. The highest BCUT2D eigenvalue weighted by molar-refractivity contribution is 9.10. The van der Waals surface area contributed by atoms with E-state index in [1.54, 1.807) is 12.1 Å². The first kappa shape index (κ1) is 11.9. The molecule has 0 unspecified atom stereocenters. The summed E-state index contributed by atoms with van der Waals surface area (Å²) in [5, 5.41) is 9.25. The number of nitrogens with zero attached hydrogens (tertiary/aromatic N) is 1. The normalized spacial score (nSPS) is 17.2. The van der Waals surface area contributed by atoms with Crippen molar-refractivity contribution in [3.05, 3.63) is 28.5 Å². The first-order valence-electron chi connectivity index (χ1n) is 5.33. The molecule has 1 aliphatic carbocycles. The Labute approximate surface area is 103 Å². The minimum Gasteiger partial charge on any atom is -0.396 e. The maximum Gasteiger partial charge on any atom is 0.146 e. The molecule has 0 spiro atoms. The molecule has 1 aromatic carbocycles. The van der Waals surface area contributed by atoms with Crippen LogP contribution in [0.5, 0.6) is 0 Å². The van der Waals surface area contributed by atoms with E-state index < -0.39 is 0 Å². The molecule has 0 aliphatic heterocycles. The second kappa shape index (κ2) is 4.34. The lowest BCUT2D eigenvalue weighted by Gasteiger charge is -2.24. The van der Waals surface area contributed by atoms with E-state index in [2.05, 4.69) is 15.9 Å². The second-order valence-electron chi connectivity index (χ2n) is 4.61. The van der Waals surface area contributed by atoms with Gasteiger partial charge in [-0.25, -0.2) is 4.39 Å². The van der Waals surface area contributed by atoms with Crippen LogP contribution >= 0.6 is 15.9 Å². The fourth-order valence-electron chi connectivity index (χ4n) is 1.91. The van der Waals surface area contributed by atoms with Crippen molar-refractivity contribution in [1.82, 2.24) is 0 Å². The van der Waals surface area contributed by atoms with Gasteiger partial charge in [0, 0.05) is 23.5 Å². The minimum absolute atomic E-state index is 0.00348. The zero-order valence-electron chi connectivity index (χ0n) is 9.21. The third-order valence-corrected chi connectivity index (χ3v) is 3.68. The fraction of sp³-hybridized carbons (Fsp3) is 0.500. The van der Waals surface area contributed by atoms with Crippen LogP contribution in [0.2, 0.25) is 0 Å². The molecule has 2 nitrogen and oxygen atoms in total. The molecular formula is C12H15BrFNO. The first-order chi connectivity index (χ1) is 7.56. The molecule has 4 heteroatoms. The number of aliphatic hydroxyl groups excluding tert-OH is 1. The number of hydrogen-bond donors (Lipinski definition) is 1. The van der Waals surface area contributed by atoms with E-state index in [0.717, 1.165) is 17.3 Å². The van der Waals surface area contributed by atoms with Gasteiger partial charge in [-0.2, -0.15) is 0 Å². The molecule has 0 bridgehead atoms. The van der Waals surface area contributed by atoms with Crippen molar-refractivity contribution in [3.8, 4) is 0 Å². The molecule has 0 radical (unpaired) electrons. The maximum atomic E-state index is 13.6. The standard InChI is InChI=1S/C12H15BrFNO/c1-15(7-12(8-16)4-5-12)11-6-9(13)2-3-10(11)14/h2-3,6,16H,4-5,7-8H2,1H3. The highest BCUT2D eigenvalue weighted by Crippen LogP contribution is 2.46. The van der Waals surface area contributed by atoms with Crippen LogP contribution in [0.3, 0.4) is 0 Å². The molecule has 0 aromatic heterocycles. The molecule has 1 saturated carbocycles. The summed E-state index contributed by atoms with van der Waals surface area (Å²) in [5.74, 6) is -0.223. The molecule has 1 aromatic rings. The van der Waals surface area contributed by atoms with Gasteiger partial charge in [0.1, 0.15) is 5.82 Å². The van der Waals surface area contributed by atoms with Gasteiger partial charge in [0.15, 0.2) is 0 Å². The van der Waals surface area contributed by atoms with Crippen LogP contribution in [0, 0.1) is 11.2 Å². The Morgan fingerprint density at radius 3 is 2.75 bits per heavy atom. The summed E-state index contributed by atoms with van der Waals surface area (Å²) >= 11 is 3.33. The average molecular weight is 288 g/mol.